The van der Waals surface area contributed by atoms with E-state index in [-0.39, 0.29) is 21.8 Å². The highest BCUT2D eigenvalue weighted by atomic mass is 32.2. The van der Waals surface area contributed by atoms with Gasteiger partial charge in [-0.1, -0.05) is 43.3 Å². The van der Waals surface area contributed by atoms with Gasteiger partial charge in [0.2, 0.25) is 0 Å². The molecule has 0 unspecified atom stereocenters. The van der Waals surface area contributed by atoms with Crippen molar-refractivity contribution >= 4 is 38.3 Å². The predicted molar refractivity (Wildman–Crippen MR) is 146 cm³/mol. The largest absolute Gasteiger partial charge is 0.383 e. The Labute approximate surface area is 216 Å². The Kier molecular flexibility index (Phi) is 6.11. The van der Waals surface area contributed by atoms with Crippen LogP contribution in [0.5, 0.6) is 0 Å². The van der Waals surface area contributed by atoms with Gasteiger partial charge in [0.25, 0.3) is 15.9 Å². The van der Waals surface area contributed by atoms with Crippen molar-refractivity contribution in [1.82, 2.24) is 14.7 Å². The van der Waals surface area contributed by atoms with Crippen molar-refractivity contribution in [2.24, 2.45) is 5.92 Å². The highest BCUT2D eigenvalue weighted by molar-refractivity contribution is 7.90. The average molecular weight is 516 g/mol. The van der Waals surface area contributed by atoms with E-state index in [2.05, 4.69) is 47.5 Å². The molecule has 8 nitrogen and oxygen atoms in total. The molecule has 0 aliphatic carbocycles. The van der Waals surface area contributed by atoms with Crippen molar-refractivity contribution in [2.45, 2.75) is 37.6 Å². The van der Waals surface area contributed by atoms with Crippen molar-refractivity contribution < 1.29 is 13.2 Å². The second-order valence-corrected chi connectivity index (χ2v) is 11.8. The molecule has 3 N–H and O–H groups in total. The summed E-state index contributed by atoms with van der Waals surface area (Å²) in [5.41, 5.74) is 7.28. The second kappa shape index (κ2) is 9.15. The van der Waals surface area contributed by atoms with E-state index in [1.165, 1.54) is 18.3 Å². The number of nitrogens with zero attached hydrogens (tertiary/aromatic N) is 3. The Morgan fingerprint density at radius 2 is 1.81 bits per heavy atom. The number of rotatable bonds is 5. The Bertz CT molecular complexity index is 1620. The van der Waals surface area contributed by atoms with Gasteiger partial charge in [-0.15, -0.1) is 0 Å². The first-order valence-electron chi connectivity index (χ1n) is 12.1. The number of sulfonamides is 1. The van der Waals surface area contributed by atoms with Crippen LogP contribution < -0.4 is 15.4 Å². The highest BCUT2D eigenvalue weighted by Gasteiger charge is 2.39. The van der Waals surface area contributed by atoms with Crippen LogP contribution in [0.25, 0.3) is 22.0 Å². The topological polar surface area (TPSA) is 118 Å². The molecule has 5 rings (SSSR count). The van der Waals surface area contributed by atoms with Crippen LogP contribution in [0.15, 0.2) is 77.8 Å². The minimum atomic E-state index is -4.24. The first kappa shape index (κ1) is 24.7. The summed E-state index contributed by atoms with van der Waals surface area (Å²) in [6.45, 7) is 7.07. The van der Waals surface area contributed by atoms with Gasteiger partial charge in [-0.3, -0.25) is 4.79 Å². The molecule has 1 amide bonds. The summed E-state index contributed by atoms with van der Waals surface area (Å²) in [5, 5.41) is 2.21. The van der Waals surface area contributed by atoms with Crippen LogP contribution in [0.4, 0.5) is 11.6 Å². The van der Waals surface area contributed by atoms with E-state index in [4.69, 9.17) is 10.7 Å². The zero-order valence-corrected chi connectivity index (χ0v) is 21.8. The van der Waals surface area contributed by atoms with Crippen LogP contribution in [-0.4, -0.2) is 36.4 Å². The van der Waals surface area contributed by atoms with Crippen molar-refractivity contribution in [2.75, 3.05) is 17.2 Å². The molecule has 0 radical (unpaired) electrons. The molecule has 1 atom stereocenters. The smallest absolute Gasteiger partial charge is 0.268 e. The van der Waals surface area contributed by atoms with E-state index in [9.17, 15) is 13.2 Å². The fourth-order valence-corrected chi connectivity index (χ4v) is 6.21. The molecule has 1 saturated heterocycles. The van der Waals surface area contributed by atoms with Crippen LogP contribution in [-0.2, 0) is 10.0 Å². The van der Waals surface area contributed by atoms with Gasteiger partial charge in [0.15, 0.2) is 0 Å². The van der Waals surface area contributed by atoms with Crippen LogP contribution >= 0.6 is 0 Å². The van der Waals surface area contributed by atoms with Crippen molar-refractivity contribution in [3.8, 4) is 11.3 Å². The van der Waals surface area contributed by atoms with Gasteiger partial charge in [-0.05, 0) is 67.3 Å². The molecule has 3 heterocycles. The molecule has 0 spiro atoms. The number of anilines is 2. The highest BCUT2D eigenvalue weighted by Crippen LogP contribution is 2.38. The molecule has 1 aliphatic rings. The number of hydrogen-bond acceptors (Lipinski definition) is 7. The van der Waals surface area contributed by atoms with Gasteiger partial charge in [-0.25, -0.2) is 23.1 Å². The molecule has 2 aromatic carbocycles. The van der Waals surface area contributed by atoms with E-state index in [1.807, 2.05) is 30.3 Å². The molecule has 190 valence electrons. The number of aromatic nitrogens is 2. The van der Waals surface area contributed by atoms with E-state index >= 15 is 0 Å². The summed E-state index contributed by atoms with van der Waals surface area (Å²) in [5.74, 6) is -0.115. The first-order chi connectivity index (χ1) is 17.5. The Morgan fingerprint density at radius 1 is 1.05 bits per heavy atom. The fraction of sp³-hybridized carbons (Fsp3) is 0.250. The lowest BCUT2D eigenvalue weighted by molar-refractivity contribution is 0.0981. The number of fused-ring (bicyclic) bond motifs is 1. The van der Waals surface area contributed by atoms with Crippen molar-refractivity contribution in [3.05, 3.63) is 78.5 Å². The maximum absolute atomic E-state index is 13.4. The third-order valence-corrected chi connectivity index (χ3v) is 8.19. The molecule has 0 saturated carbocycles. The number of pyridine rings is 2. The van der Waals surface area contributed by atoms with Crippen LogP contribution in [0, 0.1) is 5.92 Å². The standard InChI is InChI=1S/C28H29N5O3S/c1-18-16-28(2,3)33(17-18)26-22(27(34)32-37(35,36)24-9-6-14-30-25(24)29)12-13-23(31-26)21-11-10-19-7-4-5-8-20(19)15-21/h4-15,18H,16-17H2,1-3H3,(H2,29,30)(H,32,34)/t18-/m1/s1. The van der Waals surface area contributed by atoms with Gasteiger partial charge >= 0.3 is 0 Å². The summed E-state index contributed by atoms with van der Waals surface area (Å²) in [7, 11) is -4.24. The molecule has 4 aromatic rings. The summed E-state index contributed by atoms with van der Waals surface area (Å²) >= 11 is 0. The molecule has 0 bridgehead atoms. The Hall–Kier alpha value is -3.98. The molecule has 1 fully saturated rings. The lowest BCUT2D eigenvalue weighted by Gasteiger charge is -2.34. The average Bonchev–Trinajstić information content (AvgIpc) is 3.14. The monoisotopic (exact) mass is 515 g/mol. The van der Waals surface area contributed by atoms with Crippen LogP contribution in [0.3, 0.4) is 0 Å². The first-order valence-corrected chi connectivity index (χ1v) is 13.6. The van der Waals surface area contributed by atoms with Gasteiger partial charge < -0.3 is 10.6 Å². The molecule has 37 heavy (non-hydrogen) atoms. The van der Waals surface area contributed by atoms with Crippen LogP contribution in [0.1, 0.15) is 37.6 Å². The third-order valence-electron chi connectivity index (χ3n) is 6.81. The molecule has 2 aromatic heterocycles. The fourth-order valence-electron chi connectivity index (χ4n) is 5.16. The van der Waals surface area contributed by atoms with E-state index < -0.39 is 15.9 Å². The van der Waals surface area contributed by atoms with E-state index in [0.717, 1.165) is 22.8 Å². The summed E-state index contributed by atoms with van der Waals surface area (Å²) < 4.78 is 28.1. The predicted octanol–water partition coefficient (Wildman–Crippen LogP) is 4.62. The van der Waals surface area contributed by atoms with Crippen molar-refractivity contribution in [3.63, 3.8) is 0 Å². The van der Waals surface area contributed by atoms with Gasteiger partial charge in [0.1, 0.15) is 16.5 Å². The normalized spacial score (nSPS) is 17.2. The number of hydrogen-bond donors (Lipinski definition) is 2. The van der Waals surface area contributed by atoms with Crippen LogP contribution in [0.2, 0.25) is 0 Å². The van der Waals surface area contributed by atoms with E-state index in [0.29, 0.717) is 24.0 Å². The zero-order valence-electron chi connectivity index (χ0n) is 21.0. The quantitative estimate of drug-likeness (QED) is 0.398. The van der Waals surface area contributed by atoms with E-state index in [1.54, 1.807) is 12.1 Å². The van der Waals surface area contributed by atoms with Crippen molar-refractivity contribution in [1.29, 1.82) is 0 Å². The summed E-state index contributed by atoms with van der Waals surface area (Å²) in [4.78, 5) is 24.0. The number of carbonyl (C=O) groups is 1. The minimum absolute atomic E-state index is 0.178. The minimum Gasteiger partial charge on any atom is -0.383 e. The number of nitrogens with two attached hydrogens (primary N) is 1. The number of nitrogen functional groups attached to an aromatic ring is 1. The van der Waals surface area contributed by atoms with Gasteiger partial charge in [0.05, 0.1) is 11.3 Å². The Balaban J connectivity index is 1.59. The molecule has 9 heteroatoms. The number of nitrogens with one attached hydrogen (secondary N) is 1. The summed E-state index contributed by atoms with van der Waals surface area (Å²) in [6, 6.07) is 20.3. The molecular formula is C28H29N5O3S. The van der Waals surface area contributed by atoms with Gasteiger partial charge in [0, 0.05) is 23.8 Å². The molecule has 1 aliphatic heterocycles. The van der Waals surface area contributed by atoms with Gasteiger partial charge in [-0.2, -0.15) is 0 Å². The summed E-state index contributed by atoms with van der Waals surface area (Å²) in [6.07, 6.45) is 2.31. The number of carbonyl (C=O) groups excluding carboxylic acids is 1. The molecular weight excluding hydrogens is 486 g/mol. The lowest BCUT2D eigenvalue weighted by Crippen LogP contribution is -2.41. The number of benzene rings is 2. The Morgan fingerprint density at radius 3 is 2.51 bits per heavy atom. The SMILES string of the molecule is C[C@H]1CN(c2nc(-c3ccc4ccccc4c3)ccc2C(=O)NS(=O)(=O)c2cccnc2N)C(C)(C)C1. The maximum atomic E-state index is 13.4. The maximum Gasteiger partial charge on any atom is 0.268 e. The second-order valence-electron chi connectivity index (χ2n) is 10.2. The lowest BCUT2D eigenvalue weighted by atomic mass is 9.97. The third kappa shape index (κ3) is 4.74. The number of amides is 1. The zero-order chi connectivity index (χ0) is 26.4.